The number of nitrogens with zero attached hydrogens (tertiary/aromatic N) is 2. The number of benzene rings is 2. The smallest absolute Gasteiger partial charge is 0.258 e. The van der Waals surface area contributed by atoms with Gasteiger partial charge in [-0.15, -0.1) is 23.2 Å². The first-order chi connectivity index (χ1) is 18.9. The van der Waals surface area contributed by atoms with E-state index in [2.05, 4.69) is 0 Å². The molecule has 4 amide bonds. The van der Waals surface area contributed by atoms with Crippen LogP contribution < -0.4 is 9.64 Å². The second-order valence-corrected chi connectivity index (χ2v) is 12.2. The van der Waals surface area contributed by atoms with Crippen LogP contribution in [0.1, 0.15) is 24.3 Å². The van der Waals surface area contributed by atoms with Gasteiger partial charge in [-0.3, -0.25) is 24.1 Å². The lowest BCUT2D eigenvalue weighted by atomic mass is 9.56. The minimum atomic E-state index is -2.11. The molecule has 0 spiro atoms. The molecule has 2 heterocycles. The monoisotopic (exact) mass is 606 g/mol. The number of allylic oxidation sites excluding steroid dienone is 2. The van der Waals surface area contributed by atoms with Gasteiger partial charge in [-0.2, -0.15) is 0 Å². The fourth-order valence-electron chi connectivity index (χ4n) is 6.85. The summed E-state index contributed by atoms with van der Waals surface area (Å²) in [6, 6.07) is 7.62. The number of hydrogen-bond acceptors (Lipinski definition) is 6. The molecule has 4 aliphatic rings. The van der Waals surface area contributed by atoms with E-state index >= 15 is 0 Å². The lowest BCUT2D eigenvalue weighted by Gasteiger charge is -2.50. The third kappa shape index (κ3) is 3.31. The lowest BCUT2D eigenvalue weighted by molar-refractivity contribution is -0.138. The molecule has 2 aliphatic carbocycles. The molecule has 8 nitrogen and oxygen atoms in total. The van der Waals surface area contributed by atoms with Gasteiger partial charge in [0.2, 0.25) is 11.8 Å². The zero-order valence-corrected chi connectivity index (χ0v) is 23.4. The Morgan fingerprint density at radius 1 is 1.02 bits per heavy atom. The van der Waals surface area contributed by atoms with Crippen molar-refractivity contribution in [2.75, 3.05) is 19.1 Å². The number of alkyl halides is 2. The summed E-state index contributed by atoms with van der Waals surface area (Å²) in [4.78, 5) is 52.3. The van der Waals surface area contributed by atoms with Gasteiger partial charge in [0.15, 0.2) is 21.2 Å². The van der Waals surface area contributed by atoms with Crippen molar-refractivity contribution in [1.29, 1.82) is 0 Å². The molecule has 2 saturated heterocycles. The first kappa shape index (κ1) is 27.1. The number of rotatable bonds is 3. The van der Waals surface area contributed by atoms with Gasteiger partial charge in [0.25, 0.3) is 11.8 Å². The van der Waals surface area contributed by atoms with E-state index in [1.807, 2.05) is 0 Å². The van der Waals surface area contributed by atoms with Crippen molar-refractivity contribution in [3.8, 4) is 11.5 Å². The SMILES string of the molecule is COc1cc([C@H]2C3=CC[C@@H]4C(=O)N(C)C(=O)[C@@H]4[C@@H]3C[C@@]3(Cl)C(=O)N(c4ccc(F)cc4)C(=O)[C@@]23Cl)cc(Cl)c1O. The Morgan fingerprint density at radius 3 is 2.35 bits per heavy atom. The highest BCUT2D eigenvalue weighted by atomic mass is 35.5. The number of likely N-dealkylation sites (tertiary alicyclic amines) is 1. The fourth-order valence-corrected chi connectivity index (χ4v) is 8.00. The van der Waals surface area contributed by atoms with E-state index in [1.165, 1.54) is 38.4 Å². The molecule has 40 heavy (non-hydrogen) atoms. The van der Waals surface area contributed by atoms with Crippen molar-refractivity contribution in [2.24, 2.45) is 17.8 Å². The Hall–Kier alpha value is -3.14. The van der Waals surface area contributed by atoms with Gasteiger partial charge in [0.1, 0.15) is 5.82 Å². The van der Waals surface area contributed by atoms with E-state index in [4.69, 9.17) is 39.5 Å². The van der Waals surface area contributed by atoms with Crippen LogP contribution in [-0.2, 0) is 19.2 Å². The summed E-state index contributed by atoms with van der Waals surface area (Å²) in [6.07, 6.45) is 1.81. The van der Waals surface area contributed by atoms with E-state index in [0.29, 0.717) is 11.1 Å². The number of aromatic hydroxyl groups is 1. The van der Waals surface area contributed by atoms with Crippen LogP contribution in [-0.4, -0.2) is 57.5 Å². The topological polar surface area (TPSA) is 104 Å². The van der Waals surface area contributed by atoms with E-state index in [1.54, 1.807) is 6.08 Å². The summed E-state index contributed by atoms with van der Waals surface area (Å²) < 4.78 is 19.0. The molecule has 2 aliphatic heterocycles. The maximum Gasteiger partial charge on any atom is 0.258 e. The van der Waals surface area contributed by atoms with Crippen molar-refractivity contribution in [2.45, 2.75) is 28.5 Å². The number of amides is 4. The highest BCUT2D eigenvalue weighted by Crippen LogP contribution is 2.66. The predicted octanol–water partition coefficient (Wildman–Crippen LogP) is 4.39. The van der Waals surface area contributed by atoms with Gasteiger partial charge in [-0.25, -0.2) is 9.29 Å². The Bertz CT molecular complexity index is 1550. The van der Waals surface area contributed by atoms with Crippen molar-refractivity contribution < 1.29 is 33.4 Å². The van der Waals surface area contributed by atoms with E-state index in [-0.39, 0.29) is 41.0 Å². The number of ether oxygens (including phenoxy) is 1. The maximum absolute atomic E-state index is 14.2. The Morgan fingerprint density at radius 2 is 1.70 bits per heavy atom. The summed E-state index contributed by atoms with van der Waals surface area (Å²) in [5.74, 6) is -6.56. The standard InChI is InChI=1S/C28H22Cl3FN2O6/c1-33-23(36)16-8-7-15-17(20(16)24(33)37)11-27(30)25(38)34(14-5-3-13(32)4-6-14)26(39)28(27,31)21(15)12-9-18(29)22(35)19(10-12)40-2/h3-7,9-10,16-17,20-21,35H,8,11H2,1-2H3/t16-,17+,20-,21-,27+,28-/m0/s1. The third-order valence-corrected chi connectivity index (χ3v) is 10.4. The molecular weight excluding hydrogens is 586 g/mol. The highest BCUT2D eigenvalue weighted by molar-refractivity contribution is 6.58. The predicted molar refractivity (Wildman–Crippen MR) is 144 cm³/mol. The van der Waals surface area contributed by atoms with Crippen molar-refractivity contribution in [1.82, 2.24) is 4.90 Å². The van der Waals surface area contributed by atoms with Gasteiger partial charge < -0.3 is 9.84 Å². The van der Waals surface area contributed by atoms with Crippen LogP contribution in [0.5, 0.6) is 11.5 Å². The van der Waals surface area contributed by atoms with Crippen molar-refractivity contribution >= 4 is 64.1 Å². The number of carbonyl (C=O) groups is 4. The summed E-state index contributed by atoms with van der Waals surface area (Å²) in [7, 11) is 2.74. The van der Waals surface area contributed by atoms with Crippen LogP contribution in [0.15, 0.2) is 48.0 Å². The zero-order valence-electron chi connectivity index (χ0n) is 21.2. The summed E-state index contributed by atoms with van der Waals surface area (Å²) >= 11 is 20.8. The normalized spacial score (nSPS) is 33.1. The first-order valence-electron chi connectivity index (χ1n) is 12.5. The van der Waals surface area contributed by atoms with Crippen LogP contribution in [0.4, 0.5) is 10.1 Å². The van der Waals surface area contributed by atoms with E-state index in [9.17, 15) is 28.7 Å². The lowest BCUT2D eigenvalue weighted by Crippen LogP contribution is -2.60. The molecule has 0 bridgehead atoms. The number of imide groups is 2. The molecule has 1 N–H and O–H groups in total. The van der Waals surface area contributed by atoms with Gasteiger partial charge >= 0.3 is 0 Å². The molecular formula is C28H22Cl3FN2O6. The number of anilines is 1. The van der Waals surface area contributed by atoms with E-state index < -0.39 is 57.0 Å². The average Bonchev–Trinajstić information content (AvgIpc) is 3.24. The van der Waals surface area contributed by atoms with Crippen LogP contribution >= 0.6 is 34.8 Å². The molecule has 0 radical (unpaired) electrons. The molecule has 0 aromatic heterocycles. The van der Waals surface area contributed by atoms with Gasteiger partial charge in [-0.1, -0.05) is 23.3 Å². The summed E-state index contributed by atoms with van der Waals surface area (Å²) in [5.41, 5.74) is 0.962. The van der Waals surface area contributed by atoms with E-state index in [0.717, 1.165) is 21.9 Å². The molecule has 0 unspecified atom stereocenters. The van der Waals surface area contributed by atoms with Crippen molar-refractivity contribution in [3.63, 3.8) is 0 Å². The third-order valence-electron chi connectivity index (χ3n) is 8.72. The minimum absolute atomic E-state index is 0.00151. The molecule has 3 fully saturated rings. The Labute approximate surface area is 243 Å². The van der Waals surface area contributed by atoms with Gasteiger partial charge in [0, 0.05) is 13.0 Å². The molecule has 1 saturated carbocycles. The zero-order chi connectivity index (χ0) is 28.9. The molecule has 6 atom stereocenters. The fraction of sp³-hybridized carbons (Fsp3) is 0.357. The molecule has 208 valence electrons. The number of halogens is 4. The number of fused-ring (bicyclic) bond motifs is 4. The number of phenols is 1. The maximum atomic E-state index is 14.2. The number of carbonyl (C=O) groups excluding carboxylic acids is 4. The number of methoxy groups -OCH3 is 1. The average molecular weight is 608 g/mol. The number of hydrogen-bond donors (Lipinski definition) is 1. The summed E-state index contributed by atoms with van der Waals surface area (Å²) in [6.45, 7) is 0. The summed E-state index contributed by atoms with van der Waals surface area (Å²) in [5, 5.41) is 10.3. The Balaban J connectivity index is 1.60. The second-order valence-electron chi connectivity index (χ2n) is 10.5. The van der Waals surface area contributed by atoms with Gasteiger partial charge in [-0.05, 0) is 60.7 Å². The first-order valence-corrected chi connectivity index (χ1v) is 13.6. The van der Waals surface area contributed by atoms with Crippen LogP contribution in [0.25, 0.3) is 0 Å². The molecule has 2 aromatic rings. The second kappa shape index (κ2) is 8.93. The van der Waals surface area contributed by atoms with Crippen LogP contribution in [0, 0.1) is 23.6 Å². The molecule has 6 rings (SSSR count). The largest absolute Gasteiger partial charge is 0.503 e. The quantitative estimate of drug-likeness (QED) is 0.316. The van der Waals surface area contributed by atoms with Gasteiger partial charge in [0.05, 0.1) is 29.7 Å². The highest BCUT2D eigenvalue weighted by Gasteiger charge is 2.76. The molecule has 2 aromatic carbocycles. The van der Waals surface area contributed by atoms with Crippen LogP contribution in [0.2, 0.25) is 5.02 Å². The van der Waals surface area contributed by atoms with Crippen LogP contribution in [0.3, 0.4) is 0 Å². The van der Waals surface area contributed by atoms with Crippen molar-refractivity contribution in [3.05, 3.63) is 64.5 Å². The Kier molecular flexibility index (Phi) is 6.04. The number of phenolic OH excluding ortho intramolecular Hbond substituents is 1. The minimum Gasteiger partial charge on any atom is -0.503 e. The molecule has 12 heteroatoms.